The Labute approximate surface area is 204 Å². The smallest absolute Gasteiger partial charge is 0.255 e. The van der Waals surface area contributed by atoms with Gasteiger partial charge in [0.25, 0.3) is 5.89 Å². The Morgan fingerprint density at radius 1 is 1.21 bits per heavy atom. The predicted molar refractivity (Wildman–Crippen MR) is 128 cm³/mol. The Morgan fingerprint density at radius 3 is 2.76 bits per heavy atom. The standard InChI is InChI=1S/C24H24ClFN4O3S/c1-29-11-2-10-24(26,15-29)23-28-27-22(33-23)17-5-8-20-19(13-17)30(21(31)9-12-34(20)32)14-16-3-6-18(25)7-4-16/h3-8,13H,2,9-12,14-15H2,1H3. The Morgan fingerprint density at radius 2 is 2.00 bits per heavy atom. The number of carbonyl (C=O) groups excluding carboxylic acids is 1. The van der Waals surface area contributed by atoms with Crippen LogP contribution in [0.4, 0.5) is 10.1 Å². The molecule has 1 fully saturated rings. The number of halogens is 2. The lowest BCUT2D eigenvalue weighted by molar-refractivity contribution is -0.118. The first-order valence-electron chi connectivity index (χ1n) is 11.1. The number of nitrogens with zero attached hydrogens (tertiary/aromatic N) is 4. The molecule has 2 unspecified atom stereocenters. The van der Waals surface area contributed by atoms with Gasteiger partial charge in [-0.05, 0) is 62.3 Å². The van der Waals surface area contributed by atoms with Gasteiger partial charge in [-0.3, -0.25) is 9.00 Å². The number of rotatable bonds is 4. The van der Waals surface area contributed by atoms with E-state index >= 15 is 4.39 Å². The van der Waals surface area contributed by atoms with Crippen LogP contribution in [-0.2, 0) is 27.8 Å². The van der Waals surface area contributed by atoms with Crippen LogP contribution in [0.1, 0.15) is 30.7 Å². The van der Waals surface area contributed by atoms with Gasteiger partial charge in [0.2, 0.25) is 17.5 Å². The van der Waals surface area contributed by atoms with Gasteiger partial charge < -0.3 is 14.2 Å². The average molecular weight is 503 g/mol. The van der Waals surface area contributed by atoms with Gasteiger partial charge in [0, 0.05) is 29.3 Å². The SMILES string of the molecule is CN1CCCC(F)(c2nnc(-c3ccc4c(c3)N(Cc3ccc(Cl)cc3)C(=O)CCS4=O)o2)C1. The molecule has 0 N–H and O–H groups in total. The highest BCUT2D eigenvalue weighted by Crippen LogP contribution is 2.37. The molecule has 0 radical (unpaired) electrons. The van der Waals surface area contributed by atoms with Crippen molar-refractivity contribution in [3.63, 3.8) is 0 Å². The van der Waals surface area contributed by atoms with Crippen molar-refractivity contribution in [1.29, 1.82) is 0 Å². The summed E-state index contributed by atoms with van der Waals surface area (Å²) in [7, 11) is 0.539. The van der Waals surface area contributed by atoms with Gasteiger partial charge >= 0.3 is 0 Å². The van der Waals surface area contributed by atoms with Gasteiger partial charge in [-0.1, -0.05) is 23.7 Å². The van der Waals surface area contributed by atoms with Crippen molar-refractivity contribution in [3.8, 4) is 11.5 Å². The van der Waals surface area contributed by atoms with Gasteiger partial charge in [0.05, 0.1) is 27.9 Å². The van der Waals surface area contributed by atoms with E-state index < -0.39 is 16.5 Å². The number of aromatic nitrogens is 2. The number of benzene rings is 2. The molecular formula is C24H24ClFN4O3S. The molecule has 2 aliphatic heterocycles. The van der Waals surface area contributed by atoms with E-state index in [9.17, 15) is 9.00 Å². The van der Waals surface area contributed by atoms with Gasteiger partial charge in [0.1, 0.15) is 0 Å². The number of alkyl halides is 1. The van der Waals surface area contributed by atoms with Gasteiger partial charge in [-0.25, -0.2) is 4.39 Å². The van der Waals surface area contributed by atoms with Crippen LogP contribution in [0.15, 0.2) is 51.8 Å². The van der Waals surface area contributed by atoms with Crippen LogP contribution in [-0.4, -0.2) is 51.1 Å². The fourth-order valence-electron chi connectivity index (χ4n) is 4.47. The zero-order valence-corrected chi connectivity index (χ0v) is 20.2. The van der Waals surface area contributed by atoms with E-state index in [4.69, 9.17) is 16.0 Å². The van der Waals surface area contributed by atoms with Crippen LogP contribution in [0, 0.1) is 0 Å². The summed E-state index contributed by atoms with van der Waals surface area (Å²) in [6.45, 7) is 1.33. The van der Waals surface area contributed by atoms with Crippen molar-refractivity contribution in [2.45, 2.75) is 36.4 Å². The number of likely N-dealkylation sites (tertiary alicyclic amines) is 1. The monoisotopic (exact) mass is 502 g/mol. The molecule has 2 atom stereocenters. The van der Waals surface area contributed by atoms with Crippen LogP contribution in [0.2, 0.25) is 5.02 Å². The molecule has 2 aromatic carbocycles. The van der Waals surface area contributed by atoms with Crippen LogP contribution >= 0.6 is 11.6 Å². The number of anilines is 1. The Kier molecular flexibility index (Phi) is 6.26. The molecule has 1 aromatic heterocycles. The highest BCUT2D eigenvalue weighted by Gasteiger charge is 2.41. The van der Waals surface area contributed by atoms with Crippen molar-refractivity contribution in [1.82, 2.24) is 15.1 Å². The molecule has 0 bridgehead atoms. The maximum atomic E-state index is 15.5. The van der Waals surface area contributed by atoms with Crippen molar-refractivity contribution < 1.29 is 17.8 Å². The van der Waals surface area contributed by atoms with Crippen LogP contribution in [0.3, 0.4) is 0 Å². The minimum atomic E-state index is -1.69. The lowest BCUT2D eigenvalue weighted by atomic mass is 9.95. The Bertz CT molecular complexity index is 1250. The maximum Gasteiger partial charge on any atom is 0.255 e. The quantitative estimate of drug-likeness (QED) is 0.528. The molecule has 3 aromatic rings. The Balaban J connectivity index is 1.51. The number of piperidine rings is 1. The van der Waals surface area contributed by atoms with Crippen LogP contribution < -0.4 is 4.90 Å². The molecule has 10 heteroatoms. The molecule has 7 nitrogen and oxygen atoms in total. The summed E-state index contributed by atoms with van der Waals surface area (Å²) >= 11 is 6.00. The third-order valence-corrected chi connectivity index (χ3v) is 7.90. The van der Waals surface area contributed by atoms with Crippen molar-refractivity contribution in [2.75, 3.05) is 30.8 Å². The second-order valence-corrected chi connectivity index (χ2v) is 10.8. The topological polar surface area (TPSA) is 79.5 Å². The zero-order chi connectivity index (χ0) is 23.9. The van der Waals surface area contributed by atoms with Crippen LogP contribution in [0.25, 0.3) is 11.5 Å². The fraction of sp³-hybridized carbons (Fsp3) is 0.375. The number of hydrogen-bond acceptors (Lipinski definition) is 6. The molecule has 5 rings (SSSR count). The van der Waals surface area contributed by atoms with Crippen molar-refractivity contribution >= 4 is 34.0 Å². The molecule has 178 valence electrons. The molecular weight excluding hydrogens is 479 g/mol. The maximum absolute atomic E-state index is 15.5. The minimum Gasteiger partial charge on any atom is -0.417 e. The highest BCUT2D eigenvalue weighted by atomic mass is 35.5. The molecule has 2 aliphatic rings. The summed E-state index contributed by atoms with van der Waals surface area (Å²) in [5.41, 5.74) is 0.267. The summed E-state index contributed by atoms with van der Waals surface area (Å²) in [4.78, 5) is 17.1. The van der Waals surface area contributed by atoms with Crippen LogP contribution in [0.5, 0.6) is 0 Å². The fourth-order valence-corrected chi connectivity index (χ4v) is 5.80. The third-order valence-electron chi connectivity index (χ3n) is 6.24. The molecule has 0 saturated carbocycles. The lowest BCUT2D eigenvalue weighted by Crippen LogP contribution is -2.41. The summed E-state index contributed by atoms with van der Waals surface area (Å²) in [5, 5.41) is 8.71. The molecule has 0 spiro atoms. The first kappa shape index (κ1) is 23.1. The van der Waals surface area contributed by atoms with E-state index in [1.165, 1.54) is 0 Å². The summed E-state index contributed by atoms with van der Waals surface area (Å²) in [6.07, 6.45) is 1.20. The molecule has 34 heavy (non-hydrogen) atoms. The minimum absolute atomic E-state index is 0.0401. The van der Waals surface area contributed by atoms with E-state index in [0.29, 0.717) is 40.6 Å². The Hall–Kier alpha value is -2.62. The predicted octanol–water partition coefficient (Wildman–Crippen LogP) is 4.32. The second kappa shape index (κ2) is 9.20. The second-order valence-electron chi connectivity index (χ2n) is 8.81. The number of hydrogen-bond donors (Lipinski definition) is 0. The summed E-state index contributed by atoms with van der Waals surface area (Å²) < 4.78 is 34.1. The van der Waals surface area contributed by atoms with Crippen molar-refractivity contribution in [3.05, 3.63) is 58.9 Å². The highest BCUT2D eigenvalue weighted by molar-refractivity contribution is 7.85. The summed E-state index contributed by atoms with van der Waals surface area (Å²) in [6, 6.07) is 12.4. The van der Waals surface area contributed by atoms with E-state index in [0.717, 1.165) is 12.1 Å². The normalized spacial score (nSPS) is 23.6. The first-order chi connectivity index (χ1) is 16.3. The number of carbonyl (C=O) groups is 1. The average Bonchev–Trinajstić information content (AvgIpc) is 3.29. The molecule has 3 heterocycles. The number of likely N-dealkylation sites (N-methyl/N-ethyl adjacent to an activating group) is 1. The number of fused-ring (bicyclic) bond motifs is 1. The first-order valence-corrected chi connectivity index (χ1v) is 12.8. The van der Waals surface area contributed by atoms with E-state index in [1.54, 1.807) is 35.2 Å². The lowest BCUT2D eigenvalue weighted by Gasteiger charge is -2.32. The van der Waals surface area contributed by atoms with Gasteiger partial charge in [-0.2, -0.15) is 0 Å². The number of amides is 1. The van der Waals surface area contributed by atoms with Gasteiger partial charge in [0.15, 0.2) is 0 Å². The molecule has 1 saturated heterocycles. The van der Waals surface area contributed by atoms with Crippen molar-refractivity contribution in [2.24, 2.45) is 0 Å². The van der Waals surface area contributed by atoms with E-state index in [2.05, 4.69) is 10.2 Å². The molecule has 0 aliphatic carbocycles. The molecule has 1 amide bonds. The largest absolute Gasteiger partial charge is 0.417 e. The van der Waals surface area contributed by atoms with Gasteiger partial charge in [-0.15, -0.1) is 10.2 Å². The van der Waals surface area contributed by atoms with E-state index in [1.807, 2.05) is 24.1 Å². The third kappa shape index (κ3) is 4.52. The zero-order valence-electron chi connectivity index (χ0n) is 18.7. The van der Waals surface area contributed by atoms with E-state index in [-0.39, 0.29) is 36.4 Å². The summed E-state index contributed by atoms with van der Waals surface area (Å²) in [5.74, 6) is 0.252.